The van der Waals surface area contributed by atoms with Gasteiger partial charge in [0.25, 0.3) is 0 Å². The zero-order valence-electron chi connectivity index (χ0n) is 8.43. The van der Waals surface area contributed by atoms with Crippen LogP contribution in [0.25, 0.3) is 0 Å². The van der Waals surface area contributed by atoms with Gasteiger partial charge in [0.05, 0.1) is 6.04 Å². The topological polar surface area (TPSA) is 92.6 Å². The van der Waals surface area contributed by atoms with Crippen LogP contribution in [0, 0.1) is 0 Å². The molecule has 1 fully saturated rings. The fourth-order valence-electron chi connectivity index (χ4n) is 2.00. The fourth-order valence-corrected chi connectivity index (χ4v) is 2.00. The highest BCUT2D eigenvalue weighted by molar-refractivity contribution is 5.93. The van der Waals surface area contributed by atoms with Crippen molar-refractivity contribution in [1.82, 2.24) is 10.1 Å². The van der Waals surface area contributed by atoms with E-state index < -0.39 is 5.97 Å². The fraction of sp³-hybridized carbons (Fsp3) is 0.556. The van der Waals surface area contributed by atoms with Crippen LogP contribution >= 0.6 is 0 Å². The lowest BCUT2D eigenvalue weighted by molar-refractivity contribution is 0.0692. The molecule has 0 radical (unpaired) electrons. The van der Waals surface area contributed by atoms with Crippen LogP contribution in [-0.2, 0) is 0 Å². The summed E-state index contributed by atoms with van der Waals surface area (Å²) in [5.74, 6) is -0.748. The smallest absolute Gasteiger partial charge is 0.343 e. The number of nitrogens with zero attached hydrogens (tertiary/aromatic N) is 2. The molecule has 1 saturated heterocycles. The van der Waals surface area contributed by atoms with Crippen LogP contribution in [0.5, 0.6) is 0 Å². The Bertz CT molecular complexity index is 388. The summed E-state index contributed by atoms with van der Waals surface area (Å²) in [6, 6.07) is -0.0131. The molecule has 0 amide bonds. The van der Waals surface area contributed by atoms with Crippen molar-refractivity contribution in [3.8, 4) is 0 Å². The first kappa shape index (κ1) is 9.97. The number of carboxylic acids is 1. The van der Waals surface area contributed by atoms with Gasteiger partial charge in [-0.25, -0.2) is 4.79 Å². The molecule has 15 heavy (non-hydrogen) atoms. The number of aromatic carboxylic acids is 1. The zero-order valence-corrected chi connectivity index (χ0v) is 8.43. The maximum atomic E-state index is 11.0. The van der Waals surface area contributed by atoms with Crippen molar-refractivity contribution in [2.24, 2.45) is 0 Å². The molecule has 6 nitrogen and oxygen atoms in total. The number of carboxylic acid groups (broad SMARTS) is 1. The van der Waals surface area contributed by atoms with E-state index in [0.29, 0.717) is 5.76 Å². The molecule has 0 spiro atoms. The monoisotopic (exact) mass is 211 g/mol. The predicted octanol–water partition coefficient (Wildman–Crippen LogP) is 0.722. The SMILES string of the molecule is CN1CCCC1c1onc(N)c1C(=O)O. The third kappa shape index (κ3) is 1.56. The number of anilines is 1. The van der Waals surface area contributed by atoms with Gasteiger partial charge in [-0.2, -0.15) is 0 Å². The first-order chi connectivity index (χ1) is 7.11. The van der Waals surface area contributed by atoms with E-state index in [-0.39, 0.29) is 17.4 Å². The van der Waals surface area contributed by atoms with Crippen LogP contribution in [0.1, 0.15) is 35.0 Å². The number of carbonyl (C=O) groups is 1. The normalized spacial score (nSPS) is 22.1. The Balaban J connectivity index is 2.39. The summed E-state index contributed by atoms with van der Waals surface area (Å²) in [6.45, 7) is 0.935. The summed E-state index contributed by atoms with van der Waals surface area (Å²) in [7, 11) is 1.93. The third-order valence-corrected chi connectivity index (χ3v) is 2.78. The quantitative estimate of drug-likeness (QED) is 0.748. The first-order valence-electron chi connectivity index (χ1n) is 4.80. The largest absolute Gasteiger partial charge is 0.477 e. The Labute approximate surface area is 86.6 Å². The molecule has 2 heterocycles. The molecule has 1 unspecified atom stereocenters. The molecule has 3 N–H and O–H groups in total. The standard InChI is InChI=1S/C9H13N3O3/c1-12-4-2-3-5(12)7-6(9(13)14)8(10)11-15-7/h5H,2-4H2,1H3,(H2,10,11)(H,13,14). The van der Waals surface area contributed by atoms with Crippen LogP contribution in [0.3, 0.4) is 0 Å². The van der Waals surface area contributed by atoms with Gasteiger partial charge in [-0.05, 0) is 26.4 Å². The second-order valence-corrected chi connectivity index (χ2v) is 3.75. The van der Waals surface area contributed by atoms with Crippen molar-refractivity contribution < 1.29 is 14.4 Å². The molecule has 0 aromatic carbocycles. The van der Waals surface area contributed by atoms with E-state index >= 15 is 0 Å². The van der Waals surface area contributed by atoms with Gasteiger partial charge in [-0.1, -0.05) is 5.16 Å². The van der Waals surface area contributed by atoms with Crippen LogP contribution in [0.2, 0.25) is 0 Å². The molecule has 0 aliphatic carbocycles. The summed E-state index contributed by atoms with van der Waals surface area (Å²) in [4.78, 5) is 13.0. The van der Waals surface area contributed by atoms with Crippen molar-refractivity contribution in [2.45, 2.75) is 18.9 Å². The Morgan fingerprint density at radius 3 is 3.00 bits per heavy atom. The number of hydrogen-bond acceptors (Lipinski definition) is 5. The van der Waals surface area contributed by atoms with Gasteiger partial charge in [0.2, 0.25) is 0 Å². The number of nitrogens with two attached hydrogens (primary N) is 1. The number of aromatic nitrogens is 1. The number of rotatable bonds is 2. The Kier molecular flexibility index (Phi) is 2.36. The maximum absolute atomic E-state index is 11.0. The molecule has 1 atom stereocenters. The number of nitrogen functional groups attached to an aromatic ring is 1. The second-order valence-electron chi connectivity index (χ2n) is 3.75. The van der Waals surface area contributed by atoms with Gasteiger partial charge >= 0.3 is 5.97 Å². The predicted molar refractivity (Wildman–Crippen MR) is 52.5 cm³/mol. The molecule has 1 aliphatic rings. The highest BCUT2D eigenvalue weighted by Gasteiger charge is 2.32. The molecular formula is C9H13N3O3. The van der Waals surface area contributed by atoms with E-state index in [2.05, 4.69) is 5.16 Å². The van der Waals surface area contributed by atoms with Crippen LogP contribution in [0.15, 0.2) is 4.52 Å². The first-order valence-corrected chi connectivity index (χ1v) is 4.80. The molecule has 0 bridgehead atoms. The lowest BCUT2D eigenvalue weighted by atomic mass is 10.1. The van der Waals surface area contributed by atoms with E-state index in [4.69, 9.17) is 15.4 Å². The Morgan fingerprint density at radius 1 is 1.73 bits per heavy atom. The average molecular weight is 211 g/mol. The highest BCUT2D eigenvalue weighted by atomic mass is 16.5. The van der Waals surface area contributed by atoms with Gasteiger partial charge in [0, 0.05) is 0 Å². The van der Waals surface area contributed by atoms with Crippen LogP contribution in [-0.4, -0.2) is 34.7 Å². The van der Waals surface area contributed by atoms with Gasteiger partial charge in [0.15, 0.2) is 11.6 Å². The molecule has 6 heteroatoms. The lowest BCUT2D eigenvalue weighted by Gasteiger charge is -2.16. The van der Waals surface area contributed by atoms with E-state index in [1.807, 2.05) is 11.9 Å². The summed E-state index contributed by atoms with van der Waals surface area (Å²) >= 11 is 0. The van der Waals surface area contributed by atoms with Crippen molar-refractivity contribution in [3.63, 3.8) is 0 Å². The van der Waals surface area contributed by atoms with Gasteiger partial charge in [-0.3, -0.25) is 4.90 Å². The van der Waals surface area contributed by atoms with Gasteiger partial charge in [-0.15, -0.1) is 0 Å². The summed E-state index contributed by atoms with van der Waals surface area (Å²) in [6.07, 6.45) is 1.91. The van der Waals surface area contributed by atoms with E-state index in [1.165, 1.54) is 0 Å². The van der Waals surface area contributed by atoms with Crippen molar-refractivity contribution >= 4 is 11.8 Å². The molecular weight excluding hydrogens is 198 g/mol. The molecule has 1 aromatic rings. The Morgan fingerprint density at radius 2 is 2.47 bits per heavy atom. The minimum absolute atomic E-state index is 0.00810. The van der Waals surface area contributed by atoms with Crippen molar-refractivity contribution in [2.75, 3.05) is 19.3 Å². The number of hydrogen-bond donors (Lipinski definition) is 2. The zero-order chi connectivity index (χ0) is 11.0. The molecule has 2 rings (SSSR count). The second kappa shape index (κ2) is 3.54. The van der Waals surface area contributed by atoms with Gasteiger partial charge in [0.1, 0.15) is 5.56 Å². The van der Waals surface area contributed by atoms with Crippen LogP contribution in [0.4, 0.5) is 5.82 Å². The van der Waals surface area contributed by atoms with E-state index in [1.54, 1.807) is 0 Å². The third-order valence-electron chi connectivity index (χ3n) is 2.78. The highest BCUT2D eigenvalue weighted by Crippen LogP contribution is 2.34. The van der Waals surface area contributed by atoms with E-state index in [0.717, 1.165) is 19.4 Å². The van der Waals surface area contributed by atoms with Crippen LogP contribution < -0.4 is 5.73 Å². The Hall–Kier alpha value is -1.56. The minimum atomic E-state index is -1.08. The summed E-state index contributed by atoms with van der Waals surface area (Å²) in [5, 5.41) is 12.5. The molecule has 1 aliphatic heterocycles. The van der Waals surface area contributed by atoms with Gasteiger partial charge < -0.3 is 15.4 Å². The lowest BCUT2D eigenvalue weighted by Crippen LogP contribution is -2.19. The summed E-state index contributed by atoms with van der Waals surface area (Å²) in [5.41, 5.74) is 5.46. The number of likely N-dealkylation sites (tertiary alicyclic amines) is 1. The molecule has 82 valence electrons. The van der Waals surface area contributed by atoms with E-state index in [9.17, 15) is 4.79 Å². The molecule has 1 aromatic heterocycles. The average Bonchev–Trinajstić information content (AvgIpc) is 2.71. The van der Waals surface area contributed by atoms with Crippen molar-refractivity contribution in [3.05, 3.63) is 11.3 Å². The minimum Gasteiger partial charge on any atom is -0.477 e. The van der Waals surface area contributed by atoms with Crippen molar-refractivity contribution in [1.29, 1.82) is 0 Å². The maximum Gasteiger partial charge on any atom is 0.343 e. The molecule has 0 saturated carbocycles. The summed E-state index contributed by atoms with van der Waals surface area (Å²) < 4.78 is 5.01.